The minimum Gasteiger partial charge on any atom is -0.377 e. The Hall–Kier alpha value is -1.35. The Balaban J connectivity index is 2.27. The predicted molar refractivity (Wildman–Crippen MR) is 93.5 cm³/mol. The molecule has 0 aliphatic heterocycles. The van der Waals surface area contributed by atoms with Gasteiger partial charge in [-0.05, 0) is 44.9 Å². The van der Waals surface area contributed by atoms with E-state index in [0.717, 1.165) is 5.69 Å². The second-order valence-electron chi connectivity index (χ2n) is 6.83. The number of anilines is 1. The fourth-order valence-electron chi connectivity index (χ4n) is 2.34. The lowest BCUT2D eigenvalue weighted by Gasteiger charge is -2.18. The molecule has 1 aromatic heterocycles. The van der Waals surface area contributed by atoms with Gasteiger partial charge in [0.15, 0.2) is 0 Å². The van der Waals surface area contributed by atoms with Crippen LogP contribution in [0, 0.1) is 20.8 Å². The van der Waals surface area contributed by atoms with Gasteiger partial charge in [0, 0.05) is 16.0 Å². The van der Waals surface area contributed by atoms with Crippen molar-refractivity contribution < 1.29 is 0 Å². The molecule has 1 unspecified atom stereocenters. The third-order valence-corrected chi connectivity index (χ3v) is 5.61. The summed E-state index contributed by atoms with van der Waals surface area (Å²) in [5.74, 6) is 0. The highest BCUT2D eigenvalue weighted by atomic mass is 32.1. The van der Waals surface area contributed by atoms with Crippen molar-refractivity contribution in [2.24, 2.45) is 0 Å². The smallest absolute Gasteiger partial charge is 0.0985 e. The van der Waals surface area contributed by atoms with Crippen LogP contribution in [-0.4, -0.2) is 4.98 Å². The summed E-state index contributed by atoms with van der Waals surface area (Å²) in [7, 11) is 0. The van der Waals surface area contributed by atoms with Gasteiger partial charge in [0.1, 0.15) is 0 Å². The molecule has 0 fully saturated rings. The molecule has 3 heteroatoms. The molecule has 0 saturated heterocycles. The van der Waals surface area contributed by atoms with Crippen molar-refractivity contribution in [3.05, 3.63) is 44.9 Å². The Kier molecular flexibility index (Phi) is 4.43. The highest BCUT2D eigenvalue weighted by Crippen LogP contribution is 2.34. The summed E-state index contributed by atoms with van der Waals surface area (Å²) in [4.78, 5) is 6.10. The molecule has 1 aromatic carbocycles. The molecule has 1 heterocycles. The van der Waals surface area contributed by atoms with E-state index in [1.807, 2.05) is 11.3 Å². The summed E-state index contributed by atoms with van der Waals surface area (Å²) in [6.07, 6.45) is 0. The molecule has 21 heavy (non-hydrogen) atoms. The number of thiazole rings is 1. The summed E-state index contributed by atoms with van der Waals surface area (Å²) < 4.78 is 0. The van der Waals surface area contributed by atoms with Gasteiger partial charge in [0.25, 0.3) is 0 Å². The zero-order valence-electron chi connectivity index (χ0n) is 14.2. The largest absolute Gasteiger partial charge is 0.377 e. The van der Waals surface area contributed by atoms with E-state index in [2.05, 4.69) is 72.0 Å². The molecule has 1 atom stereocenters. The van der Waals surface area contributed by atoms with Gasteiger partial charge in [-0.25, -0.2) is 4.98 Å². The van der Waals surface area contributed by atoms with E-state index in [9.17, 15) is 0 Å². The number of hydrogen-bond donors (Lipinski definition) is 1. The Morgan fingerprint density at radius 2 is 1.81 bits per heavy atom. The number of nitrogens with zero attached hydrogens (tertiary/aromatic N) is 1. The topological polar surface area (TPSA) is 24.9 Å². The van der Waals surface area contributed by atoms with Crippen LogP contribution in [0.2, 0.25) is 0 Å². The molecule has 114 valence electrons. The molecule has 2 aromatic rings. The Morgan fingerprint density at radius 1 is 1.14 bits per heavy atom. The lowest BCUT2D eigenvalue weighted by atomic mass is 9.98. The molecule has 0 radical (unpaired) electrons. The lowest BCUT2D eigenvalue weighted by Crippen LogP contribution is -2.10. The van der Waals surface area contributed by atoms with E-state index < -0.39 is 0 Å². The highest BCUT2D eigenvalue weighted by molar-refractivity contribution is 7.12. The second-order valence-corrected chi connectivity index (χ2v) is 7.86. The first kappa shape index (κ1) is 16.0. The first-order chi connectivity index (χ1) is 9.70. The van der Waals surface area contributed by atoms with Crippen LogP contribution in [0.25, 0.3) is 0 Å². The summed E-state index contributed by atoms with van der Waals surface area (Å²) in [6, 6.07) is 6.69. The molecule has 0 aliphatic carbocycles. The number of aryl methyl sites for hydroxylation is 2. The average Bonchev–Trinajstić information content (AvgIpc) is 2.77. The number of nitrogens with one attached hydrogen (secondary N) is 1. The molecule has 0 amide bonds. The monoisotopic (exact) mass is 302 g/mol. The summed E-state index contributed by atoms with van der Waals surface area (Å²) in [5, 5.41) is 4.86. The standard InChI is InChI=1S/C18H26N2S/c1-11-9-8-10-15(12(11)2)19-13(3)16-14(4)20-17(21-16)18(5,6)7/h8-10,13,19H,1-7H3. The maximum Gasteiger partial charge on any atom is 0.0985 e. The Bertz CT molecular complexity index is 635. The van der Waals surface area contributed by atoms with Gasteiger partial charge in [-0.3, -0.25) is 0 Å². The van der Waals surface area contributed by atoms with Crippen LogP contribution in [0.4, 0.5) is 5.69 Å². The highest BCUT2D eigenvalue weighted by Gasteiger charge is 2.22. The molecule has 2 rings (SSSR count). The number of benzene rings is 1. The van der Waals surface area contributed by atoms with Crippen LogP contribution in [0.15, 0.2) is 18.2 Å². The van der Waals surface area contributed by atoms with Crippen molar-refractivity contribution in [2.75, 3.05) is 5.32 Å². The fourth-order valence-corrected chi connectivity index (χ4v) is 3.46. The van der Waals surface area contributed by atoms with Crippen LogP contribution in [0.3, 0.4) is 0 Å². The van der Waals surface area contributed by atoms with Gasteiger partial charge >= 0.3 is 0 Å². The van der Waals surface area contributed by atoms with Gasteiger partial charge in [-0.15, -0.1) is 11.3 Å². The van der Waals surface area contributed by atoms with Gasteiger partial charge in [0.2, 0.25) is 0 Å². The van der Waals surface area contributed by atoms with Crippen molar-refractivity contribution in [3.8, 4) is 0 Å². The van der Waals surface area contributed by atoms with Crippen LogP contribution in [0.1, 0.15) is 60.4 Å². The SMILES string of the molecule is Cc1cccc(NC(C)c2sc(C(C)(C)C)nc2C)c1C. The number of hydrogen-bond acceptors (Lipinski definition) is 3. The third kappa shape index (κ3) is 3.46. The van der Waals surface area contributed by atoms with E-state index in [-0.39, 0.29) is 11.5 Å². The van der Waals surface area contributed by atoms with Crippen molar-refractivity contribution in [1.29, 1.82) is 0 Å². The van der Waals surface area contributed by atoms with Crippen LogP contribution in [-0.2, 0) is 5.41 Å². The van der Waals surface area contributed by atoms with E-state index in [4.69, 9.17) is 4.98 Å². The molecule has 0 aliphatic rings. The second kappa shape index (κ2) is 5.80. The molecule has 0 bridgehead atoms. The number of aromatic nitrogens is 1. The van der Waals surface area contributed by atoms with Crippen molar-refractivity contribution in [2.45, 2.75) is 59.9 Å². The third-order valence-electron chi connectivity index (χ3n) is 3.84. The summed E-state index contributed by atoms with van der Waals surface area (Å²) >= 11 is 1.83. The van der Waals surface area contributed by atoms with Crippen molar-refractivity contribution in [3.63, 3.8) is 0 Å². The van der Waals surface area contributed by atoms with Gasteiger partial charge in [0.05, 0.1) is 16.7 Å². The molecule has 0 saturated carbocycles. The van der Waals surface area contributed by atoms with Crippen LogP contribution in [0.5, 0.6) is 0 Å². The summed E-state index contributed by atoms with van der Waals surface area (Å²) in [5.41, 5.74) is 5.13. The van der Waals surface area contributed by atoms with Crippen molar-refractivity contribution in [1.82, 2.24) is 4.98 Å². The predicted octanol–water partition coefficient (Wildman–Crippen LogP) is 5.54. The van der Waals surface area contributed by atoms with Gasteiger partial charge in [-0.2, -0.15) is 0 Å². The maximum atomic E-state index is 4.76. The fraction of sp³-hybridized carbons (Fsp3) is 0.500. The quantitative estimate of drug-likeness (QED) is 0.805. The minimum atomic E-state index is 0.118. The Morgan fingerprint density at radius 3 is 2.38 bits per heavy atom. The molecule has 1 N–H and O–H groups in total. The maximum absolute atomic E-state index is 4.76. The lowest BCUT2D eigenvalue weighted by molar-refractivity contribution is 0.584. The molecular formula is C18H26N2S. The molecular weight excluding hydrogens is 276 g/mol. The molecule has 2 nitrogen and oxygen atoms in total. The Labute approximate surface area is 132 Å². The number of rotatable bonds is 3. The van der Waals surface area contributed by atoms with Crippen molar-refractivity contribution >= 4 is 17.0 Å². The zero-order valence-corrected chi connectivity index (χ0v) is 15.0. The van der Waals surface area contributed by atoms with Crippen LogP contribution < -0.4 is 5.32 Å². The first-order valence-electron chi connectivity index (χ1n) is 7.50. The van der Waals surface area contributed by atoms with E-state index in [1.165, 1.54) is 26.7 Å². The van der Waals surface area contributed by atoms with E-state index in [1.54, 1.807) is 0 Å². The average molecular weight is 302 g/mol. The summed E-state index contributed by atoms with van der Waals surface area (Å²) in [6.45, 7) is 15.3. The molecule has 0 spiro atoms. The normalized spacial score (nSPS) is 13.3. The van der Waals surface area contributed by atoms with E-state index >= 15 is 0 Å². The van der Waals surface area contributed by atoms with Gasteiger partial charge in [-0.1, -0.05) is 32.9 Å². The first-order valence-corrected chi connectivity index (χ1v) is 8.32. The van der Waals surface area contributed by atoms with Crippen LogP contribution >= 0.6 is 11.3 Å². The van der Waals surface area contributed by atoms with Gasteiger partial charge < -0.3 is 5.32 Å². The minimum absolute atomic E-state index is 0.118. The van der Waals surface area contributed by atoms with E-state index in [0.29, 0.717) is 0 Å². The zero-order chi connectivity index (χ0) is 15.8.